The molecule has 4 rings (SSSR count). The molecule has 0 spiro atoms. The summed E-state index contributed by atoms with van der Waals surface area (Å²) in [6, 6.07) is 0. The van der Waals surface area contributed by atoms with E-state index < -0.39 is 0 Å². The van der Waals surface area contributed by atoms with Gasteiger partial charge in [-0.25, -0.2) is 14.6 Å². The Morgan fingerprint density at radius 3 is 2.79 bits per heavy atom. The molecule has 4 heterocycles. The molecule has 0 saturated carbocycles. The summed E-state index contributed by atoms with van der Waals surface area (Å²) in [4.78, 5) is 25.4. The predicted octanol–water partition coefficient (Wildman–Crippen LogP) is 0.203. The molecule has 1 fully saturated rings. The molecule has 1 saturated heterocycles. The van der Waals surface area contributed by atoms with E-state index in [1.54, 1.807) is 11.8 Å². The molecule has 9 heteroatoms. The Bertz CT molecular complexity index is 753. The summed E-state index contributed by atoms with van der Waals surface area (Å²) in [6.07, 6.45) is 2.67. The lowest BCUT2D eigenvalue weighted by Crippen LogP contribution is -2.49. The Labute approximate surface area is 138 Å². The second-order valence-electron chi connectivity index (χ2n) is 5.92. The predicted molar refractivity (Wildman–Crippen MR) is 82.5 cm³/mol. The number of hydrogen-bond acceptors (Lipinski definition) is 8. The highest BCUT2D eigenvalue weighted by atomic mass is 16.6. The number of amides is 1. The monoisotopic (exact) mass is 330 g/mol. The standard InChI is InChI=1S/C15H18N6O3/c1-10-13(19-24-18-10)14(22)20-3-5-21(6-4-20)15-16-8-11-9-23-7-2-12(11)17-15/h8H,2-7,9H2,1H3. The summed E-state index contributed by atoms with van der Waals surface area (Å²) in [6.45, 7) is 5.56. The fourth-order valence-electron chi connectivity index (χ4n) is 2.96. The minimum atomic E-state index is -0.142. The topological polar surface area (TPSA) is 97.5 Å². The van der Waals surface area contributed by atoms with Crippen molar-refractivity contribution in [1.82, 2.24) is 25.2 Å². The SMILES string of the molecule is Cc1nonc1C(=O)N1CCN(c2ncc3c(n2)CCOC3)CC1. The van der Waals surface area contributed by atoms with Crippen LogP contribution in [0.4, 0.5) is 5.95 Å². The zero-order valence-electron chi connectivity index (χ0n) is 13.4. The maximum atomic E-state index is 12.4. The lowest BCUT2D eigenvalue weighted by atomic mass is 10.1. The Morgan fingerprint density at radius 1 is 1.21 bits per heavy atom. The van der Waals surface area contributed by atoms with Crippen LogP contribution in [0.2, 0.25) is 0 Å². The highest BCUT2D eigenvalue weighted by Gasteiger charge is 2.27. The van der Waals surface area contributed by atoms with Crippen LogP contribution in [0.1, 0.15) is 27.4 Å². The van der Waals surface area contributed by atoms with Gasteiger partial charge in [-0.2, -0.15) is 0 Å². The molecule has 9 nitrogen and oxygen atoms in total. The van der Waals surface area contributed by atoms with Crippen LogP contribution in [0.3, 0.4) is 0 Å². The zero-order valence-corrected chi connectivity index (χ0v) is 13.4. The van der Waals surface area contributed by atoms with E-state index in [2.05, 4.69) is 29.8 Å². The van der Waals surface area contributed by atoms with E-state index in [0.717, 1.165) is 23.6 Å². The molecule has 24 heavy (non-hydrogen) atoms. The van der Waals surface area contributed by atoms with Crippen molar-refractivity contribution in [2.45, 2.75) is 20.0 Å². The first-order chi connectivity index (χ1) is 11.7. The first-order valence-corrected chi connectivity index (χ1v) is 7.98. The van der Waals surface area contributed by atoms with Gasteiger partial charge < -0.3 is 14.5 Å². The molecule has 0 radical (unpaired) electrons. The molecule has 0 aromatic carbocycles. The van der Waals surface area contributed by atoms with Gasteiger partial charge in [0, 0.05) is 44.4 Å². The van der Waals surface area contributed by atoms with Crippen LogP contribution in [-0.2, 0) is 17.8 Å². The third kappa shape index (κ3) is 2.71. The molecule has 2 aliphatic rings. The third-order valence-electron chi connectivity index (χ3n) is 4.39. The first kappa shape index (κ1) is 15.0. The van der Waals surface area contributed by atoms with Crippen molar-refractivity contribution in [3.05, 3.63) is 28.8 Å². The summed E-state index contributed by atoms with van der Waals surface area (Å²) in [7, 11) is 0. The van der Waals surface area contributed by atoms with Gasteiger partial charge in [-0.3, -0.25) is 4.79 Å². The van der Waals surface area contributed by atoms with E-state index in [4.69, 9.17) is 4.74 Å². The van der Waals surface area contributed by atoms with Crippen molar-refractivity contribution in [2.75, 3.05) is 37.7 Å². The van der Waals surface area contributed by atoms with Crippen molar-refractivity contribution < 1.29 is 14.2 Å². The lowest BCUT2D eigenvalue weighted by Gasteiger charge is -2.34. The number of nitrogens with zero attached hydrogens (tertiary/aromatic N) is 6. The zero-order chi connectivity index (χ0) is 16.5. The van der Waals surface area contributed by atoms with Crippen LogP contribution in [0.15, 0.2) is 10.8 Å². The molecule has 2 aliphatic heterocycles. The Kier molecular flexibility index (Phi) is 3.85. The van der Waals surface area contributed by atoms with Crippen molar-refractivity contribution in [3.8, 4) is 0 Å². The fraction of sp³-hybridized carbons (Fsp3) is 0.533. The Hall–Kier alpha value is -2.55. The first-order valence-electron chi connectivity index (χ1n) is 7.98. The van der Waals surface area contributed by atoms with Crippen molar-refractivity contribution in [3.63, 3.8) is 0 Å². The number of ether oxygens (including phenoxy) is 1. The van der Waals surface area contributed by atoms with Crippen LogP contribution in [0.25, 0.3) is 0 Å². The molecule has 0 bridgehead atoms. The van der Waals surface area contributed by atoms with Gasteiger partial charge in [0.1, 0.15) is 5.69 Å². The number of carbonyl (C=O) groups excluding carboxylic acids is 1. The molecular weight excluding hydrogens is 312 g/mol. The molecule has 2 aromatic rings. The number of fused-ring (bicyclic) bond motifs is 1. The van der Waals surface area contributed by atoms with Crippen LogP contribution in [0.5, 0.6) is 0 Å². The van der Waals surface area contributed by atoms with Gasteiger partial charge in [-0.05, 0) is 12.1 Å². The second kappa shape index (κ2) is 6.16. The maximum Gasteiger partial charge on any atom is 0.278 e. The van der Waals surface area contributed by atoms with Crippen LogP contribution in [0, 0.1) is 6.92 Å². The summed E-state index contributed by atoms with van der Waals surface area (Å²) in [5.74, 6) is 0.582. The molecule has 1 amide bonds. The third-order valence-corrected chi connectivity index (χ3v) is 4.39. The highest BCUT2D eigenvalue weighted by Crippen LogP contribution is 2.19. The van der Waals surface area contributed by atoms with Gasteiger partial charge in [0.05, 0.1) is 18.9 Å². The highest BCUT2D eigenvalue weighted by molar-refractivity contribution is 5.93. The van der Waals surface area contributed by atoms with Crippen molar-refractivity contribution >= 4 is 11.9 Å². The number of anilines is 1. The molecular formula is C15H18N6O3. The van der Waals surface area contributed by atoms with E-state index in [1.807, 2.05) is 6.20 Å². The maximum absolute atomic E-state index is 12.4. The van der Waals surface area contributed by atoms with Crippen LogP contribution in [-0.4, -0.2) is 63.9 Å². The fourth-order valence-corrected chi connectivity index (χ4v) is 2.96. The van der Waals surface area contributed by atoms with E-state index in [9.17, 15) is 4.79 Å². The minimum absolute atomic E-state index is 0.142. The van der Waals surface area contributed by atoms with E-state index >= 15 is 0 Å². The van der Waals surface area contributed by atoms with Gasteiger partial charge in [-0.1, -0.05) is 5.16 Å². The summed E-state index contributed by atoms with van der Waals surface area (Å²) in [5.41, 5.74) is 2.93. The van der Waals surface area contributed by atoms with Crippen LogP contribution < -0.4 is 4.90 Å². The largest absolute Gasteiger partial charge is 0.376 e. The molecule has 0 unspecified atom stereocenters. The second-order valence-corrected chi connectivity index (χ2v) is 5.92. The van der Waals surface area contributed by atoms with E-state index in [-0.39, 0.29) is 11.6 Å². The van der Waals surface area contributed by atoms with Gasteiger partial charge >= 0.3 is 0 Å². The van der Waals surface area contributed by atoms with E-state index in [1.165, 1.54) is 0 Å². The van der Waals surface area contributed by atoms with Crippen molar-refractivity contribution in [2.24, 2.45) is 0 Å². The Balaban J connectivity index is 1.43. The summed E-state index contributed by atoms with van der Waals surface area (Å²) >= 11 is 0. The number of carbonyl (C=O) groups is 1. The average Bonchev–Trinajstić information content (AvgIpc) is 3.07. The summed E-state index contributed by atoms with van der Waals surface area (Å²) < 4.78 is 10.0. The number of piperazine rings is 1. The smallest absolute Gasteiger partial charge is 0.278 e. The number of aromatic nitrogens is 4. The van der Waals surface area contributed by atoms with E-state index in [0.29, 0.717) is 45.1 Å². The quantitative estimate of drug-likeness (QED) is 0.770. The molecule has 0 N–H and O–H groups in total. The average molecular weight is 330 g/mol. The number of hydrogen-bond donors (Lipinski definition) is 0. The normalized spacial score (nSPS) is 17.7. The van der Waals surface area contributed by atoms with Gasteiger partial charge in [-0.15, -0.1) is 0 Å². The summed E-state index contributed by atoms with van der Waals surface area (Å²) in [5, 5.41) is 7.35. The number of rotatable bonds is 2. The Morgan fingerprint density at radius 2 is 2.04 bits per heavy atom. The number of aryl methyl sites for hydroxylation is 1. The molecule has 2 aromatic heterocycles. The lowest BCUT2D eigenvalue weighted by molar-refractivity contribution is 0.0734. The van der Waals surface area contributed by atoms with Crippen molar-refractivity contribution in [1.29, 1.82) is 0 Å². The molecule has 126 valence electrons. The van der Waals surface area contributed by atoms with Crippen LogP contribution >= 0.6 is 0 Å². The molecule has 0 atom stereocenters. The minimum Gasteiger partial charge on any atom is -0.376 e. The van der Waals surface area contributed by atoms with Gasteiger partial charge in [0.2, 0.25) is 5.95 Å². The van der Waals surface area contributed by atoms with Gasteiger partial charge in [0.25, 0.3) is 5.91 Å². The molecule has 0 aliphatic carbocycles. The van der Waals surface area contributed by atoms with Gasteiger partial charge in [0.15, 0.2) is 5.69 Å².